The Morgan fingerprint density at radius 2 is 2.17 bits per heavy atom. The highest BCUT2D eigenvalue weighted by Gasteiger charge is 2.27. The Morgan fingerprint density at radius 1 is 1.44 bits per heavy atom. The van der Waals surface area contributed by atoms with Crippen LogP contribution < -0.4 is 11.1 Å². The zero-order chi connectivity index (χ0) is 13.0. The molecule has 1 amide bonds. The monoisotopic (exact) mass is 247 g/mol. The first-order valence-electron chi connectivity index (χ1n) is 6.49. The Hall–Kier alpha value is -1.39. The van der Waals surface area contributed by atoms with E-state index in [0.717, 1.165) is 19.6 Å². The number of amides is 1. The molecule has 18 heavy (non-hydrogen) atoms. The lowest BCUT2D eigenvalue weighted by Crippen LogP contribution is -2.55. The van der Waals surface area contributed by atoms with Gasteiger partial charge >= 0.3 is 0 Å². The summed E-state index contributed by atoms with van der Waals surface area (Å²) in [6.45, 7) is 5.03. The molecule has 2 atom stereocenters. The van der Waals surface area contributed by atoms with Crippen LogP contribution in [0.2, 0.25) is 0 Å². The van der Waals surface area contributed by atoms with Crippen LogP contribution in [0.1, 0.15) is 18.4 Å². The predicted octanol–water partition coefficient (Wildman–Crippen LogP) is 0.549. The second-order valence-electron chi connectivity index (χ2n) is 4.81. The van der Waals surface area contributed by atoms with E-state index in [1.54, 1.807) is 0 Å². The normalized spacial score (nSPS) is 22.6. The summed E-state index contributed by atoms with van der Waals surface area (Å²) in [6, 6.07) is 10.2. The predicted molar refractivity (Wildman–Crippen MR) is 72.3 cm³/mol. The van der Waals surface area contributed by atoms with Gasteiger partial charge in [0.2, 0.25) is 5.91 Å². The molecule has 0 bridgehead atoms. The van der Waals surface area contributed by atoms with Crippen LogP contribution in [-0.4, -0.2) is 43.0 Å². The first-order valence-corrected chi connectivity index (χ1v) is 6.49. The van der Waals surface area contributed by atoms with E-state index in [0.29, 0.717) is 12.5 Å². The van der Waals surface area contributed by atoms with Gasteiger partial charge in [0, 0.05) is 32.1 Å². The number of rotatable bonds is 4. The summed E-state index contributed by atoms with van der Waals surface area (Å²) in [4.78, 5) is 13.8. The fourth-order valence-electron chi connectivity index (χ4n) is 2.40. The van der Waals surface area contributed by atoms with Gasteiger partial charge in [-0.3, -0.25) is 9.69 Å². The number of piperazine rings is 1. The van der Waals surface area contributed by atoms with E-state index >= 15 is 0 Å². The molecule has 0 spiro atoms. The summed E-state index contributed by atoms with van der Waals surface area (Å²) in [5.41, 5.74) is 7.12. The minimum Gasteiger partial charge on any atom is -0.353 e. The molecular formula is C14H21N3O. The molecule has 4 heteroatoms. The van der Waals surface area contributed by atoms with Crippen LogP contribution in [0.4, 0.5) is 0 Å². The number of carbonyl (C=O) groups excluding carboxylic acids is 1. The van der Waals surface area contributed by atoms with Crippen molar-refractivity contribution in [1.29, 1.82) is 0 Å². The van der Waals surface area contributed by atoms with Gasteiger partial charge < -0.3 is 11.1 Å². The quantitative estimate of drug-likeness (QED) is 0.817. The van der Waals surface area contributed by atoms with Crippen molar-refractivity contribution >= 4 is 5.91 Å². The van der Waals surface area contributed by atoms with Crippen molar-refractivity contribution in [1.82, 2.24) is 10.2 Å². The molecule has 0 aliphatic carbocycles. The Kier molecular flexibility index (Phi) is 4.33. The molecule has 1 aromatic rings. The maximum atomic E-state index is 11.6. The third-order valence-electron chi connectivity index (χ3n) is 3.64. The molecular weight excluding hydrogens is 226 g/mol. The first kappa shape index (κ1) is 13.1. The van der Waals surface area contributed by atoms with Crippen molar-refractivity contribution in [2.75, 3.05) is 26.2 Å². The van der Waals surface area contributed by atoms with Crippen LogP contribution in [0.25, 0.3) is 0 Å². The van der Waals surface area contributed by atoms with Gasteiger partial charge in [0.05, 0.1) is 6.04 Å². The second kappa shape index (κ2) is 5.98. The zero-order valence-corrected chi connectivity index (χ0v) is 10.8. The van der Waals surface area contributed by atoms with E-state index in [9.17, 15) is 4.79 Å². The Morgan fingerprint density at radius 3 is 2.83 bits per heavy atom. The number of hydrogen-bond acceptors (Lipinski definition) is 3. The third kappa shape index (κ3) is 2.89. The van der Waals surface area contributed by atoms with Crippen molar-refractivity contribution in [2.24, 2.45) is 5.73 Å². The van der Waals surface area contributed by atoms with Crippen molar-refractivity contribution < 1.29 is 4.79 Å². The molecule has 98 valence electrons. The highest BCUT2D eigenvalue weighted by Crippen LogP contribution is 2.17. The zero-order valence-electron chi connectivity index (χ0n) is 10.8. The van der Waals surface area contributed by atoms with E-state index < -0.39 is 0 Å². The molecule has 1 aromatic carbocycles. The lowest BCUT2D eigenvalue weighted by Gasteiger charge is -2.35. The molecule has 1 heterocycles. The van der Waals surface area contributed by atoms with Crippen molar-refractivity contribution in [3.05, 3.63) is 35.9 Å². The number of benzene rings is 1. The van der Waals surface area contributed by atoms with Crippen molar-refractivity contribution in [2.45, 2.75) is 18.9 Å². The lowest BCUT2D eigenvalue weighted by atomic mass is 9.97. The maximum Gasteiger partial charge on any atom is 0.237 e. The Bertz CT molecular complexity index is 393. The minimum atomic E-state index is -0.0588. The average Bonchev–Trinajstić information content (AvgIpc) is 2.41. The van der Waals surface area contributed by atoms with Crippen LogP contribution in [0.15, 0.2) is 30.3 Å². The molecule has 1 fully saturated rings. The number of nitrogens with zero attached hydrogens (tertiary/aromatic N) is 1. The molecule has 1 aliphatic heterocycles. The SMILES string of the molecule is CC1C(=O)NCCN1CC(CN)c1ccccc1. The van der Waals surface area contributed by atoms with E-state index in [1.807, 2.05) is 25.1 Å². The molecule has 0 aromatic heterocycles. The van der Waals surface area contributed by atoms with Crippen LogP contribution in [0.5, 0.6) is 0 Å². The van der Waals surface area contributed by atoms with Gasteiger partial charge in [-0.05, 0) is 12.5 Å². The van der Waals surface area contributed by atoms with Gasteiger partial charge in [-0.15, -0.1) is 0 Å². The molecule has 4 nitrogen and oxygen atoms in total. The van der Waals surface area contributed by atoms with Gasteiger partial charge in [0.15, 0.2) is 0 Å². The molecule has 1 saturated heterocycles. The highest BCUT2D eigenvalue weighted by atomic mass is 16.2. The van der Waals surface area contributed by atoms with Gasteiger partial charge in [-0.25, -0.2) is 0 Å². The molecule has 2 unspecified atom stereocenters. The second-order valence-corrected chi connectivity index (χ2v) is 4.81. The van der Waals surface area contributed by atoms with Gasteiger partial charge in [0.25, 0.3) is 0 Å². The number of carbonyl (C=O) groups is 1. The van der Waals surface area contributed by atoms with Crippen LogP contribution in [0, 0.1) is 0 Å². The lowest BCUT2D eigenvalue weighted by molar-refractivity contribution is -0.128. The molecule has 0 radical (unpaired) electrons. The first-order chi connectivity index (χ1) is 8.72. The molecule has 0 saturated carbocycles. The molecule has 2 rings (SSSR count). The standard InChI is InChI=1S/C14H21N3O/c1-11-14(18)16-7-8-17(11)10-13(9-15)12-5-3-2-4-6-12/h2-6,11,13H,7-10,15H2,1H3,(H,16,18). The average molecular weight is 247 g/mol. The van der Waals surface area contributed by atoms with Gasteiger partial charge in [0.1, 0.15) is 0 Å². The fourth-order valence-corrected chi connectivity index (χ4v) is 2.40. The largest absolute Gasteiger partial charge is 0.353 e. The molecule has 1 aliphatic rings. The van der Waals surface area contributed by atoms with Crippen molar-refractivity contribution in [3.8, 4) is 0 Å². The van der Waals surface area contributed by atoms with Crippen molar-refractivity contribution in [3.63, 3.8) is 0 Å². The number of nitrogens with two attached hydrogens (primary N) is 1. The number of hydrogen-bond donors (Lipinski definition) is 2. The minimum absolute atomic E-state index is 0.0588. The summed E-state index contributed by atoms with van der Waals surface area (Å²) in [5, 5.41) is 2.88. The fraction of sp³-hybridized carbons (Fsp3) is 0.500. The van der Waals surface area contributed by atoms with Crippen LogP contribution >= 0.6 is 0 Å². The van der Waals surface area contributed by atoms with E-state index in [4.69, 9.17) is 5.73 Å². The summed E-state index contributed by atoms with van der Waals surface area (Å²) >= 11 is 0. The van der Waals surface area contributed by atoms with E-state index in [2.05, 4.69) is 22.3 Å². The maximum absolute atomic E-state index is 11.6. The highest BCUT2D eigenvalue weighted by molar-refractivity contribution is 5.81. The Labute approximate surface area is 108 Å². The molecule has 3 N–H and O–H groups in total. The Balaban J connectivity index is 2.04. The van der Waals surface area contributed by atoms with Crippen LogP contribution in [-0.2, 0) is 4.79 Å². The number of nitrogens with one attached hydrogen (secondary N) is 1. The summed E-state index contributed by atoms with van der Waals surface area (Å²) in [7, 11) is 0. The smallest absolute Gasteiger partial charge is 0.237 e. The topological polar surface area (TPSA) is 58.4 Å². The van der Waals surface area contributed by atoms with Gasteiger partial charge in [-0.2, -0.15) is 0 Å². The third-order valence-corrected chi connectivity index (χ3v) is 3.64. The van der Waals surface area contributed by atoms with E-state index in [1.165, 1.54) is 5.56 Å². The van der Waals surface area contributed by atoms with Gasteiger partial charge in [-0.1, -0.05) is 30.3 Å². The van der Waals surface area contributed by atoms with E-state index in [-0.39, 0.29) is 11.9 Å². The van der Waals surface area contributed by atoms with Crippen LogP contribution in [0.3, 0.4) is 0 Å². The summed E-state index contributed by atoms with van der Waals surface area (Å²) in [5.74, 6) is 0.407. The summed E-state index contributed by atoms with van der Waals surface area (Å²) in [6.07, 6.45) is 0. The summed E-state index contributed by atoms with van der Waals surface area (Å²) < 4.78 is 0.